The van der Waals surface area contributed by atoms with Gasteiger partial charge in [0.05, 0.1) is 15.6 Å². The van der Waals surface area contributed by atoms with E-state index in [1.807, 2.05) is 32.0 Å². The Morgan fingerprint density at radius 3 is 2.54 bits per heavy atom. The predicted octanol–water partition coefficient (Wildman–Crippen LogP) is 5.95. The fourth-order valence-electron chi connectivity index (χ4n) is 3.22. The third-order valence-electron chi connectivity index (χ3n) is 5.31. The SMILES string of the molecule is COc1cc(/C=C(/C#N)C(=O)Nc2cccc(C)c2C)cc(I)c1OCc1ccc([N+](=O)[O-])cc1. The van der Waals surface area contributed by atoms with E-state index in [0.29, 0.717) is 26.3 Å². The molecule has 0 atom stereocenters. The third-order valence-corrected chi connectivity index (χ3v) is 6.11. The van der Waals surface area contributed by atoms with Gasteiger partial charge in [0.15, 0.2) is 11.5 Å². The van der Waals surface area contributed by atoms with Gasteiger partial charge in [0.1, 0.15) is 18.2 Å². The molecule has 0 aliphatic heterocycles. The molecule has 0 aliphatic rings. The van der Waals surface area contributed by atoms with Crippen molar-refractivity contribution in [2.75, 3.05) is 12.4 Å². The molecule has 3 aromatic rings. The van der Waals surface area contributed by atoms with Gasteiger partial charge >= 0.3 is 0 Å². The van der Waals surface area contributed by atoms with Crippen LogP contribution in [0.2, 0.25) is 0 Å². The fourth-order valence-corrected chi connectivity index (χ4v) is 4.01. The maximum Gasteiger partial charge on any atom is 0.269 e. The van der Waals surface area contributed by atoms with Crippen LogP contribution in [0.15, 0.2) is 60.2 Å². The van der Waals surface area contributed by atoms with Crippen LogP contribution in [0, 0.1) is 38.9 Å². The molecule has 3 aromatic carbocycles. The van der Waals surface area contributed by atoms with E-state index in [2.05, 4.69) is 27.9 Å². The van der Waals surface area contributed by atoms with Crippen molar-refractivity contribution < 1.29 is 19.2 Å². The summed E-state index contributed by atoms with van der Waals surface area (Å²) in [6, 6.07) is 17.1. The number of halogens is 1. The Morgan fingerprint density at radius 1 is 1.20 bits per heavy atom. The second kappa shape index (κ2) is 11.5. The molecule has 0 unspecified atom stereocenters. The molecular weight excluding hydrogens is 561 g/mol. The van der Waals surface area contributed by atoms with Crippen molar-refractivity contribution in [3.8, 4) is 17.6 Å². The molecule has 0 spiro atoms. The molecule has 0 aliphatic carbocycles. The summed E-state index contributed by atoms with van der Waals surface area (Å²) in [5, 5.41) is 23.2. The van der Waals surface area contributed by atoms with Gasteiger partial charge in [-0.15, -0.1) is 0 Å². The zero-order chi connectivity index (χ0) is 25.5. The lowest BCUT2D eigenvalue weighted by Gasteiger charge is -2.14. The summed E-state index contributed by atoms with van der Waals surface area (Å²) in [6.07, 6.45) is 1.49. The summed E-state index contributed by atoms with van der Waals surface area (Å²) < 4.78 is 12.1. The predicted molar refractivity (Wildman–Crippen MR) is 141 cm³/mol. The van der Waals surface area contributed by atoms with Gasteiger partial charge in [-0.05, 0) is 95.1 Å². The highest BCUT2D eigenvalue weighted by atomic mass is 127. The monoisotopic (exact) mass is 583 g/mol. The molecule has 3 rings (SSSR count). The van der Waals surface area contributed by atoms with Crippen LogP contribution in [0.25, 0.3) is 6.08 Å². The number of methoxy groups -OCH3 is 1. The Labute approximate surface area is 216 Å². The number of nitrogens with zero attached hydrogens (tertiary/aromatic N) is 2. The smallest absolute Gasteiger partial charge is 0.269 e. The number of nitro groups is 1. The molecule has 0 fully saturated rings. The molecule has 1 N–H and O–H groups in total. The molecule has 0 aromatic heterocycles. The number of carbonyl (C=O) groups excluding carboxylic acids is 1. The van der Waals surface area contributed by atoms with Crippen molar-refractivity contribution in [2.45, 2.75) is 20.5 Å². The molecule has 178 valence electrons. The maximum atomic E-state index is 12.7. The van der Waals surface area contributed by atoms with E-state index in [-0.39, 0.29) is 17.9 Å². The number of ether oxygens (including phenoxy) is 2. The summed E-state index contributed by atoms with van der Waals surface area (Å²) >= 11 is 2.09. The first kappa shape index (κ1) is 25.7. The second-order valence-corrected chi connectivity index (χ2v) is 8.78. The number of nitrogens with one attached hydrogen (secondary N) is 1. The van der Waals surface area contributed by atoms with Crippen molar-refractivity contribution in [3.05, 3.63) is 96.1 Å². The lowest BCUT2D eigenvalue weighted by atomic mass is 10.1. The lowest BCUT2D eigenvalue weighted by molar-refractivity contribution is -0.384. The van der Waals surface area contributed by atoms with Crippen LogP contribution in [0.5, 0.6) is 11.5 Å². The first-order chi connectivity index (χ1) is 16.7. The zero-order valence-corrected chi connectivity index (χ0v) is 21.5. The Balaban J connectivity index is 1.81. The first-order valence-corrected chi connectivity index (χ1v) is 11.5. The summed E-state index contributed by atoms with van der Waals surface area (Å²) in [6.45, 7) is 4.04. The van der Waals surface area contributed by atoms with Crippen LogP contribution in [0.4, 0.5) is 11.4 Å². The molecule has 0 bridgehead atoms. The van der Waals surface area contributed by atoms with Crippen LogP contribution in [-0.2, 0) is 11.4 Å². The van der Waals surface area contributed by atoms with E-state index in [4.69, 9.17) is 9.47 Å². The average molecular weight is 583 g/mol. The number of rotatable bonds is 8. The number of non-ortho nitro benzene ring substituents is 1. The average Bonchev–Trinajstić information content (AvgIpc) is 2.84. The highest BCUT2D eigenvalue weighted by molar-refractivity contribution is 14.1. The molecule has 1 amide bonds. The Morgan fingerprint density at radius 2 is 1.91 bits per heavy atom. The van der Waals surface area contributed by atoms with E-state index in [9.17, 15) is 20.2 Å². The Bertz CT molecular complexity index is 1340. The number of amides is 1. The molecule has 0 saturated heterocycles. The normalized spacial score (nSPS) is 10.9. The quantitative estimate of drug-likeness (QED) is 0.115. The van der Waals surface area contributed by atoms with Crippen LogP contribution in [-0.4, -0.2) is 17.9 Å². The standard InChI is InChI=1S/C26H22IN3O5/c1-16-5-4-6-23(17(16)2)29-26(31)20(14-28)11-19-12-22(27)25(24(13-19)34-3)35-15-18-7-9-21(10-8-18)30(32)33/h4-13H,15H2,1-3H3,(H,29,31)/b20-11-. The first-order valence-electron chi connectivity index (χ1n) is 10.5. The van der Waals surface area contributed by atoms with Gasteiger partial charge in [-0.2, -0.15) is 5.26 Å². The summed E-state index contributed by atoms with van der Waals surface area (Å²) in [5.41, 5.74) is 3.93. The maximum absolute atomic E-state index is 12.7. The highest BCUT2D eigenvalue weighted by Crippen LogP contribution is 2.35. The van der Waals surface area contributed by atoms with Crippen LogP contribution in [0.3, 0.4) is 0 Å². The number of nitriles is 1. The van der Waals surface area contributed by atoms with Gasteiger partial charge in [-0.25, -0.2) is 0 Å². The Hall–Kier alpha value is -3.91. The molecule has 0 saturated carbocycles. The topological polar surface area (TPSA) is 114 Å². The molecule has 35 heavy (non-hydrogen) atoms. The van der Waals surface area contributed by atoms with Gasteiger partial charge in [-0.1, -0.05) is 12.1 Å². The minimum absolute atomic E-state index is 0.00643. The summed E-state index contributed by atoms with van der Waals surface area (Å²) in [5.74, 6) is 0.410. The van der Waals surface area contributed by atoms with Gasteiger partial charge in [0.25, 0.3) is 11.6 Å². The van der Waals surface area contributed by atoms with Gasteiger partial charge in [0.2, 0.25) is 0 Å². The number of aryl methyl sites for hydroxylation is 1. The van der Waals surface area contributed by atoms with E-state index in [1.54, 1.807) is 30.3 Å². The highest BCUT2D eigenvalue weighted by Gasteiger charge is 2.15. The van der Waals surface area contributed by atoms with Crippen LogP contribution < -0.4 is 14.8 Å². The number of benzene rings is 3. The van der Waals surface area contributed by atoms with Crippen molar-refractivity contribution >= 4 is 45.9 Å². The minimum atomic E-state index is -0.506. The molecule has 0 radical (unpaired) electrons. The van der Waals surface area contributed by atoms with E-state index < -0.39 is 10.8 Å². The number of carbonyl (C=O) groups is 1. The van der Waals surface area contributed by atoms with Crippen LogP contribution >= 0.6 is 22.6 Å². The summed E-state index contributed by atoms with van der Waals surface area (Å²) in [4.78, 5) is 23.1. The van der Waals surface area contributed by atoms with E-state index in [0.717, 1.165) is 16.7 Å². The number of anilines is 1. The van der Waals surface area contributed by atoms with Crippen molar-refractivity contribution in [3.63, 3.8) is 0 Å². The van der Waals surface area contributed by atoms with Crippen molar-refractivity contribution in [2.24, 2.45) is 0 Å². The van der Waals surface area contributed by atoms with Gasteiger partial charge in [-0.3, -0.25) is 14.9 Å². The molecule has 8 nitrogen and oxygen atoms in total. The molecule has 0 heterocycles. The molecular formula is C26H22IN3O5. The number of nitro benzene ring substituents is 1. The zero-order valence-electron chi connectivity index (χ0n) is 19.3. The van der Waals surface area contributed by atoms with Crippen molar-refractivity contribution in [1.29, 1.82) is 5.26 Å². The third kappa shape index (κ3) is 6.36. The van der Waals surface area contributed by atoms with Crippen molar-refractivity contribution in [1.82, 2.24) is 0 Å². The minimum Gasteiger partial charge on any atom is -0.493 e. The lowest BCUT2D eigenvalue weighted by Crippen LogP contribution is -2.14. The van der Waals surface area contributed by atoms with Crippen LogP contribution in [0.1, 0.15) is 22.3 Å². The van der Waals surface area contributed by atoms with Gasteiger partial charge < -0.3 is 14.8 Å². The Kier molecular flexibility index (Phi) is 8.43. The van der Waals surface area contributed by atoms with Gasteiger partial charge in [0, 0.05) is 17.8 Å². The molecule has 9 heteroatoms. The number of hydrogen-bond acceptors (Lipinski definition) is 6. The number of hydrogen-bond donors (Lipinski definition) is 1. The largest absolute Gasteiger partial charge is 0.493 e. The fraction of sp³-hybridized carbons (Fsp3) is 0.154. The second-order valence-electron chi connectivity index (χ2n) is 7.62. The summed E-state index contributed by atoms with van der Waals surface area (Å²) in [7, 11) is 1.50. The van der Waals surface area contributed by atoms with E-state index >= 15 is 0 Å². The van der Waals surface area contributed by atoms with E-state index in [1.165, 1.54) is 25.3 Å².